The van der Waals surface area contributed by atoms with Gasteiger partial charge in [-0.1, -0.05) is 17.4 Å². The summed E-state index contributed by atoms with van der Waals surface area (Å²) in [5.74, 6) is 2.51. The lowest BCUT2D eigenvalue weighted by molar-refractivity contribution is -0.116. The maximum atomic E-state index is 13.2. The second kappa shape index (κ2) is 9.27. The van der Waals surface area contributed by atoms with Gasteiger partial charge in [0.25, 0.3) is 0 Å². The second-order valence-corrected chi connectivity index (χ2v) is 11.9. The van der Waals surface area contributed by atoms with Crippen molar-refractivity contribution in [3.63, 3.8) is 0 Å². The zero-order valence-electron chi connectivity index (χ0n) is 20.0. The van der Waals surface area contributed by atoms with Gasteiger partial charge < -0.3 is 14.8 Å². The Balaban J connectivity index is 1.38. The number of anilines is 1. The molecule has 2 fully saturated rings. The van der Waals surface area contributed by atoms with Crippen LogP contribution in [0.25, 0.3) is 0 Å². The molecule has 6 rings (SSSR count). The number of aromatic nitrogens is 1. The molecule has 1 aromatic heterocycles. The van der Waals surface area contributed by atoms with Crippen molar-refractivity contribution >= 4 is 34.7 Å². The average molecular weight is 527 g/mol. The molecule has 6 nitrogen and oxygen atoms in total. The number of thiazole rings is 1. The first kappa shape index (κ1) is 23.6. The lowest BCUT2D eigenvalue weighted by Crippen LogP contribution is -2.34. The van der Waals surface area contributed by atoms with Gasteiger partial charge in [0.05, 0.1) is 19.2 Å². The molecule has 4 unspecified atom stereocenters. The number of carbonyl (C=O) groups excluding carboxylic acids is 1. The second-order valence-electron chi connectivity index (χ2n) is 9.76. The van der Waals surface area contributed by atoms with Crippen LogP contribution < -0.4 is 19.7 Å². The normalized spacial score (nSPS) is 25.8. The molecule has 188 valence electrons. The summed E-state index contributed by atoms with van der Waals surface area (Å²) >= 11 is 3.05. The van der Waals surface area contributed by atoms with Gasteiger partial charge in [0.1, 0.15) is 12.4 Å². The summed E-state index contributed by atoms with van der Waals surface area (Å²) in [6.07, 6.45) is 3.70. The van der Waals surface area contributed by atoms with Crippen molar-refractivity contribution in [3.8, 4) is 11.5 Å². The van der Waals surface area contributed by atoms with E-state index >= 15 is 0 Å². The summed E-state index contributed by atoms with van der Waals surface area (Å²) in [5, 5.41) is 4.12. The van der Waals surface area contributed by atoms with Crippen LogP contribution in [0.2, 0.25) is 0 Å². The van der Waals surface area contributed by atoms with Crippen LogP contribution in [0.4, 0.5) is 10.1 Å². The summed E-state index contributed by atoms with van der Waals surface area (Å²) in [4.78, 5) is 27.0. The molecule has 2 aromatic carbocycles. The van der Waals surface area contributed by atoms with Crippen molar-refractivity contribution in [2.45, 2.75) is 42.0 Å². The largest absolute Gasteiger partial charge is 0.493 e. The Morgan fingerprint density at radius 3 is 2.58 bits per heavy atom. The van der Waals surface area contributed by atoms with E-state index in [0.717, 1.165) is 15.5 Å². The topological polar surface area (TPSA) is 69.6 Å². The lowest BCUT2D eigenvalue weighted by Gasteiger charge is -2.40. The first-order chi connectivity index (χ1) is 17.5. The van der Waals surface area contributed by atoms with E-state index in [-0.39, 0.29) is 29.1 Å². The Labute approximate surface area is 216 Å². The van der Waals surface area contributed by atoms with E-state index in [2.05, 4.69) is 11.4 Å². The molecule has 0 radical (unpaired) electrons. The van der Waals surface area contributed by atoms with E-state index in [1.54, 1.807) is 30.5 Å². The Kier molecular flexibility index (Phi) is 6.08. The summed E-state index contributed by atoms with van der Waals surface area (Å²) in [7, 11) is 3.26. The number of nitrogens with zero attached hydrogens (tertiary/aromatic N) is 1. The van der Waals surface area contributed by atoms with E-state index < -0.39 is 0 Å². The van der Waals surface area contributed by atoms with E-state index in [9.17, 15) is 14.0 Å². The number of halogens is 1. The standard InChI is InChI=1S/C27H27FN2O4S2/c1-33-19-10-5-15(12-20(19)34-2)23-22-14-3-4-16(11-14)24(22)35-26-25(23)36-27(32)30(26)13-21(31)29-18-8-6-17(28)7-9-18/h5-10,12,14,16,22-24H,3-4,11,13H2,1-2H3,(H,29,31)/t14?,16?,22?,23-,24?/m0/s1. The van der Waals surface area contributed by atoms with Crippen LogP contribution in [-0.2, 0) is 11.3 Å². The van der Waals surface area contributed by atoms with Crippen LogP contribution in [0.15, 0.2) is 52.3 Å². The van der Waals surface area contributed by atoms with Gasteiger partial charge >= 0.3 is 4.87 Å². The van der Waals surface area contributed by atoms with Gasteiger partial charge in [-0.25, -0.2) is 4.39 Å². The van der Waals surface area contributed by atoms with Gasteiger partial charge in [-0.2, -0.15) is 0 Å². The highest BCUT2D eigenvalue weighted by molar-refractivity contribution is 8.00. The smallest absolute Gasteiger partial charge is 0.308 e. The molecular formula is C27H27FN2O4S2. The third-order valence-corrected chi connectivity index (χ3v) is 10.7. The highest BCUT2D eigenvalue weighted by Gasteiger charge is 2.55. The van der Waals surface area contributed by atoms with Crippen LogP contribution >= 0.6 is 23.1 Å². The Bertz CT molecular complexity index is 1370. The lowest BCUT2D eigenvalue weighted by atomic mass is 9.75. The zero-order chi connectivity index (χ0) is 25.0. The van der Waals surface area contributed by atoms with Crippen molar-refractivity contribution in [2.24, 2.45) is 17.8 Å². The van der Waals surface area contributed by atoms with Crippen molar-refractivity contribution in [1.82, 2.24) is 4.57 Å². The van der Waals surface area contributed by atoms with Crippen LogP contribution in [0.1, 0.15) is 35.6 Å². The summed E-state index contributed by atoms with van der Waals surface area (Å²) in [5.41, 5.74) is 1.63. The van der Waals surface area contributed by atoms with Crippen molar-refractivity contribution in [1.29, 1.82) is 0 Å². The predicted molar refractivity (Wildman–Crippen MR) is 139 cm³/mol. The zero-order valence-corrected chi connectivity index (χ0v) is 21.7. The van der Waals surface area contributed by atoms with Crippen LogP contribution in [0.3, 0.4) is 0 Å². The third kappa shape index (κ3) is 3.93. The fourth-order valence-electron chi connectivity index (χ4n) is 6.38. The maximum Gasteiger partial charge on any atom is 0.308 e. The fourth-order valence-corrected chi connectivity index (χ4v) is 9.53. The van der Waals surface area contributed by atoms with E-state index in [4.69, 9.17) is 9.47 Å². The molecule has 3 aromatic rings. The van der Waals surface area contributed by atoms with E-state index in [0.29, 0.717) is 40.2 Å². The first-order valence-electron chi connectivity index (χ1n) is 12.1. The highest BCUT2D eigenvalue weighted by Crippen LogP contribution is 2.64. The third-order valence-electron chi connectivity index (χ3n) is 7.89. The number of rotatable bonds is 6. The summed E-state index contributed by atoms with van der Waals surface area (Å²) in [6.45, 7) is -0.0703. The van der Waals surface area contributed by atoms with Gasteiger partial charge in [0.2, 0.25) is 5.91 Å². The minimum atomic E-state index is -0.367. The SMILES string of the molecule is COc1ccc([C@@H]2c3sc(=O)n(CC(=O)Nc4ccc(F)cc4)c3SC3C4CCC(C4)C32)cc1OC. The van der Waals surface area contributed by atoms with Crippen LogP contribution in [0.5, 0.6) is 11.5 Å². The number of amides is 1. The van der Waals surface area contributed by atoms with Crippen molar-refractivity contribution in [2.75, 3.05) is 19.5 Å². The first-order valence-corrected chi connectivity index (χ1v) is 13.8. The number of fused-ring (bicyclic) bond motifs is 6. The molecule has 9 heteroatoms. The molecule has 0 spiro atoms. The number of methoxy groups -OCH3 is 2. The molecule has 0 saturated heterocycles. The number of hydrogen-bond donors (Lipinski definition) is 1. The minimum Gasteiger partial charge on any atom is -0.493 e. The van der Waals surface area contributed by atoms with E-state index in [1.807, 2.05) is 12.1 Å². The summed E-state index contributed by atoms with van der Waals surface area (Å²) < 4.78 is 25.9. The molecule has 1 aliphatic heterocycles. The number of ether oxygens (including phenoxy) is 2. The number of carbonyl (C=O) groups is 1. The van der Waals surface area contributed by atoms with Crippen molar-refractivity contribution < 1.29 is 18.7 Å². The van der Waals surface area contributed by atoms with Crippen molar-refractivity contribution in [3.05, 3.63) is 68.4 Å². The quantitative estimate of drug-likeness (QED) is 0.469. The van der Waals surface area contributed by atoms with Gasteiger partial charge in [0, 0.05) is 21.7 Å². The molecule has 3 aliphatic rings. The predicted octanol–water partition coefficient (Wildman–Crippen LogP) is 5.36. The van der Waals surface area contributed by atoms with Gasteiger partial charge in [-0.15, -0.1) is 11.8 Å². The fraction of sp³-hybridized carbons (Fsp3) is 0.407. The Morgan fingerprint density at radius 1 is 1.08 bits per heavy atom. The van der Waals surface area contributed by atoms with E-state index in [1.165, 1.54) is 54.9 Å². The average Bonchev–Trinajstić information content (AvgIpc) is 3.58. The summed E-state index contributed by atoms with van der Waals surface area (Å²) in [6, 6.07) is 11.7. The molecule has 36 heavy (non-hydrogen) atoms. The molecule has 2 bridgehead atoms. The Hall–Kier alpha value is -2.78. The van der Waals surface area contributed by atoms with Gasteiger partial charge in [-0.05, 0) is 79.0 Å². The molecule has 2 heterocycles. The Morgan fingerprint density at radius 2 is 1.83 bits per heavy atom. The molecule has 2 aliphatic carbocycles. The highest BCUT2D eigenvalue weighted by atomic mass is 32.2. The maximum absolute atomic E-state index is 13.2. The molecule has 2 saturated carbocycles. The van der Waals surface area contributed by atoms with Crippen LogP contribution in [0, 0.1) is 23.6 Å². The van der Waals surface area contributed by atoms with Gasteiger partial charge in [-0.3, -0.25) is 14.2 Å². The number of hydrogen-bond acceptors (Lipinski definition) is 6. The molecule has 1 N–H and O–H groups in total. The molecular weight excluding hydrogens is 499 g/mol. The van der Waals surface area contributed by atoms with Crippen LogP contribution in [-0.4, -0.2) is 29.9 Å². The molecule has 1 amide bonds. The monoisotopic (exact) mass is 526 g/mol. The molecule has 5 atom stereocenters. The minimum absolute atomic E-state index is 0.0703. The number of thioether (sulfide) groups is 1. The number of nitrogens with one attached hydrogen (secondary N) is 1. The van der Waals surface area contributed by atoms with Gasteiger partial charge in [0.15, 0.2) is 11.5 Å². The number of benzene rings is 2.